The Hall–Kier alpha value is -1.95. The lowest BCUT2D eigenvalue weighted by Crippen LogP contribution is -2.43. The maximum absolute atomic E-state index is 11.8. The molecule has 126 valence electrons. The Labute approximate surface area is 136 Å². The maximum Gasteiger partial charge on any atom is 0.315 e. The van der Waals surface area contributed by atoms with Crippen LogP contribution in [0.15, 0.2) is 18.2 Å². The van der Waals surface area contributed by atoms with Gasteiger partial charge in [-0.1, -0.05) is 25.3 Å². The average Bonchev–Trinajstić information content (AvgIpc) is 3.03. The SMILES string of the molecule is O=C(NCCC(O)c1ccc2c(c1)OCO2)NC1CCCCC1. The van der Waals surface area contributed by atoms with Crippen LogP contribution in [0, 0.1) is 0 Å². The average molecular weight is 320 g/mol. The van der Waals surface area contributed by atoms with Gasteiger partial charge < -0.3 is 25.2 Å². The molecule has 0 spiro atoms. The van der Waals surface area contributed by atoms with E-state index >= 15 is 0 Å². The van der Waals surface area contributed by atoms with Crippen molar-refractivity contribution in [3.63, 3.8) is 0 Å². The molecule has 2 amide bonds. The van der Waals surface area contributed by atoms with Crippen molar-refractivity contribution >= 4 is 6.03 Å². The molecule has 6 heteroatoms. The number of ether oxygens (including phenoxy) is 2. The minimum absolute atomic E-state index is 0.144. The van der Waals surface area contributed by atoms with Gasteiger partial charge in [-0.05, 0) is 37.0 Å². The van der Waals surface area contributed by atoms with Crippen LogP contribution >= 0.6 is 0 Å². The predicted octanol–water partition coefficient (Wildman–Crippen LogP) is 2.47. The van der Waals surface area contributed by atoms with Gasteiger partial charge >= 0.3 is 6.03 Å². The molecule has 1 unspecified atom stereocenters. The van der Waals surface area contributed by atoms with Gasteiger partial charge in [0.1, 0.15) is 0 Å². The molecular formula is C17H24N2O4. The molecule has 1 saturated carbocycles. The smallest absolute Gasteiger partial charge is 0.315 e. The molecule has 23 heavy (non-hydrogen) atoms. The minimum Gasteiger partial charge on any atom is -0.454 e. The van der Waals surface area contributed by atoms with Crippen LogP contribution in [0.4, 0.5) is 4.79 Å². The maximum atomic E-state index is 11.8. The van der Waals surface area contributed by atoms with Crippen molar-refractivity contribution in [3.8, 4) is 11.5 Å². The normalized spacial score (nSPS) is 18.5. The Kier molecular flexibility index (Phi) is 5.23. The zero-order valence-electron chi connectivity index (χ0n) is 13.2. The van der Waals surface area contributed by atoms with E-state index in [1.54, 1.807) is 12.1 Å². The number of rotatable bonds is 5. The Morgan fingerprint density at radius 3 is 2.83 bits per heavy atom. The summed E-state index contributed by atoms with van der Waals surface area (Å²) >= 11 is 0. The van der Waals surface area contributed by atoms with E-state index < -0.39 is 6.10 Å². The summed E-state index contributed by atoms with van der Waals surface area (Å²) in [5.41, 5.74) is 0.767. The summed E-state index contributed by atoms with van der Waals surface area (Å²) in [5, 5.41) is 16.0. The highest BCUT2D eigenvalue weighted by atomic mass is 16.7. The van der Waals surface area contributed by atoms with Gasteiger partial charge in [0.15, 0.2) is 11.5 Å². The molecule has 1 aliphatic carbocycles. The fraction of sp³-hybridized carbons (Fsp3) is 0.588. The Morgan fingerprint density at radius 1 is 1.22 bits per heavy atom. The van der Waals surface area contributed by atoms with Crippen LogP contribution in [0.3, 0.4) is 0 Å². The standard InChI is InChI=1S/C17H24N2O4/c20-14(12-6-7-15-16(10-12)23-11-22-15)8-9-18-17(21)19-13-4-2-1-3-5-13/h6-7,10,13-14,20H,1-5,8-9,11H2,(H2,18,19,21). The van der Waals surface area contributed by atoms with Crippen LogP contribution in [-0.2, 0) is 0 Å². The molecule has 0 aromatic heterocycles. The largest absolute Gasteiger partial charge is 0.454 e. The monoisotopic (exact) mass is 320 g/mol. The number of carbonyl (C=O) groups is 1. The number of fused-ring (bicyclic) bond motifs is 1. The lowest BCUT2D eigenvalue weighted by Gasteiger charge is -2.23. The van der Waals surface area contributed by atoms with Gasteiger partial charge in [-0.3, -0.25) is 0 Å². The summed E-state index contributed by atoms with van der Waals surface area (Å²) in [5.74, 6) is 1.36. The minimum atomic E-state index is -0.639. The Morgan fingerprint density at radius 2 is 2.00 bits per heavy atom. The lowest BCUT2D eigenvalue weighted by atomic mass is 9.96. The number of hydrogen-bond acceptors (Lipinski definition) is 4. The first-order valence-electron chi connectivity index (χ1n) is 8.34. The first kappa shape index (κ1) is 15.9. The van der Waals surface area contributed by atoms with E-state index in [1.807, 2.05) is 6.07 Å². The molecule has 1 fully saturated rings. The van der Waals surface area contributed by atoms with E-state index in [0.717, 1.165) is 18.4 Å². The summed E-state index contributed by atoms with van der Waals surface area (Å²) in [6, 6.07) is 5.55. The summed E-state index contributed by atoms with van der Waals surface area (Å²) in [6.45, 7) is 0.645. The third-order valence-electron chi connectivity index (χ3n) is 4.43. The fourth-order valence-corrected chi connectivity index (χ4v) is 3.09. The first-order chi connectivity index (χ1) is 11.2. The number of aliphatic hydroxyl groups excluding tert-OH is 1. The molecule has 6 nitrogen and oxygen atoms in total. The van der Waals surface area contributed by atoms with Crippen molar-refractivity contribution in [2.24, 2.45) is 0 Å². The molecule has 0 bridgehead atoms. The summed E-state index contributed by atoms with van der Waals surface area (Å²) in [6.07, 6.45) is 5.58. The van der Waals surface area contributed by atoms with E-state index in [0.29, 0.717) is 30.5 Å². The van der Waals surface area contributed by atoms with Crippen molar-refractivity contribution in [1.29, 1.82) is 0 Å². The van der Waals surface area contributed by atoms with Crippen LogP contribution in [0.1, 0.15) is 50.2 Å². The van der Waals surface area contributed by atoms with Crippen molar-refractivity contribution < 1.29 is 19.4 Å². The molecule has 1 aromatic rings. The molecule has 1 heterocycles. The van der Waals surface area contributed by atoms with Crippen LogP contribution in [0.2, 0.25) is 0 Å². The van der Waals surface area contributed by atoms with Crippen LogP contribution in [0.5, 0.6) is 11.5 Å². The highest BCUT2D eigenvalue weighted by molar-refractivity contribution is 5.74. The molecular weight excluding hydrogens is 296 g/mol. The third kappa shape index (κ3) is 4.28. The molecule has 3 rings (SSSR count). The van der Waals surface area contributed by atoms with Crippen molar-refractivity contribution in [2.45, 2.75) is 50.7 Å². The van der Waals surface area contributed by atoms with E-state index in [2.05, 4.69) is 10.6 Å². The van der Waals surface area contributed by atoms with Crippen molar-refractivity contribution in [3.05, 3.63) is 23.8 Å². The number of carbonyl (C=O) groups excluding carboxylic acids is 1. The predicted molar refractivity (Wildman–Crippen MR) is 85.5 cm³/mol. The zero-order valence-corrected chi connectivity index (χ0v) is 13.2. The first-order valence-corrected chi connectivity index (χ1v) is 8.34. The molecule has 1 aromatic carbocycles. The fourth-order valence-electron chi connectivity index (χ4n) is 3.09. The quantitative estimate of drug-likeness (QED) is 0.778. The van der Waals surface area contributed by atoms with Crippen LogP contribution in [0.25, 0.3) is 0 Å². The van der Waals surface area contributed by atoms with E-state index in [1.165, 1.54) is 19.3 Å². The lowest BCUT2D eigenvalue weighted by molar-refractivity contribution is 0.164. The number of nitrogens with one attached hydrogen (secondary N) is 2. The Balaban J connectivity index is 1.40. The number of aliphatic hydroxyl groups is 1. The molecule has 0 radical (unpaired) electrons. The number of benzene rings is 1. The van der Waals surface area contributed by atoms with Gasteiger partial charge in [0.2, 0.25) is 6.79 Å². The number of hydrogen-bond donors (Lipinski definition) is 3. The molecule has 2 aliphatic rings. The van der Waals surface area contributed by atoms with E-state index in [4.69, 9.17) is 9.47 Å². The molecule has 1 atom stereocenters. The van der Waals surface area contributed by atoms with Gasteiger partial charge in [0.05, 0.1) is 6.10 Å². The summed E-state index contributed by atoms with van der Waals surface area (Å²) in [4.78, 5) is 11.8. The van der Waals surface area contributed by atoms with E-state index in [-0.39, 0.29) is 12.8 Å². The second kappa shape index (κ2) is 7.55. The zero-order chi connectivity index (χ0) is 16.1. The van der Waals surface area contributed by atoms with Crippen LogP contribution < -0.4 is 20.1 Å². The van der Waals surface area contributed by atoms with E-state index in [9.17, 15) is 9.90 Å². The van der Waals surface area contributed by atoms with Gasteiger partial charge in [-0.25, -0.2) is 4.79 Å². The van der Waals surface area contributed by atoms with Crippen molar-refractivity contribution in [2.75, 3.05) is 13.3 Å². The van der Waals surface area contributed by atoms with Gasteiger partial charge in [-0.2, -0.15) is 0 Å². The van der Waals surface area contributed by atoms with Crippen molar-refractivity contribution in [1.82, 2.24) is 10.6 Å². The second-order valence-electron chi connectivity index (χ2n) is 6.15. The molecule has 3 N–H and O–H groups in total. The molecule has 0 saturated heterocycles. The highest BCUT2D eigenvalue weighted by Gasteiger charge is 2.18. The highest BCUT2D eigenvalue weighted by Crippen LogP contribution is 2.34. The van der Waals surface area contributed by atoms with Crippen LogP contribution in [-0.4, -0.2) is 30.5 Å². The number of urea groups is 1. The van der Waals surface area contributed by atoms with Gasteiger partial charge in [0, 0.05) is 12.6 Å². The van der Waals surface area contributed by atoms with Gasteiger partial charge in [0.25, 0.3) is 0 Å². The summed E-state index contributed by atoms with van der Waals surface area (Å²) < 4.78 is 10.6. The summed E-state index contributed by atoms with van der Waals surface area (Å²) in [7, 11) is 0. The molecule has 1 aliphatic heterocycles. The number of amides is 2. The second-order valence-corrected chi connectivity index (χ2v) is 6.15. The Bertz CT molecular complexity index is 543. The van der Waals surface area contributed by atoms with Gasteiger partial charge in [-0.15, -0.1) is 0 Å². The topological polar surface area (TPSA) is 79.8 Å². The third-order valence-corrected chi connectivity index (χ3v) is 4.43.